The van der Waals surface area contributed by atoms with Crippen LogP contribution in [0.1, 0.15) is 18.4 Å². The van der Waals surface area contributed by atoms with Gasteiger partial charge in [0.25, 0.3) is 0 Å². The van der Waals surface area contributed by atoms with E-state index < -0.39 is 0 Å². The first-order chi connectivity index (χ1) is 9.76. The Morgan fingerprint density at radius 2 is 2.15 bits per heavy atom. The lowest BCUT2D eigenvalue weighted by Gasteiger charge is -2.08. The highest BCUT2D eigenvalue weighted by molar-refractivity contribution is 5.75. The molecule has 2 N–H and O–H groups in total. The van der Waals surface area contributed by atoms with Gasteiger partial charge < -0.3 is 20.1 Å². The van der Waals surface area contributed by atoms with E-state index in [2.05, 4.69) is 16.7 Å². The predicted octanol–water partition coefficient (Wildman–Crippen LogP) is 1.33. The first-order valence-electron chi connectivity index (χ1n) is 6.88. The summed E-state index contributed by atoms with van der Waals surface area (Å²) in [6.45, 7) is 2.87. The zero-order valence-electron chi connectivity index (χ0n) is 12.3. The molecule has 1 rings (SSSR count). The number of hydrogen-bond donors (Lipinski definition) is 2. The predicted molar refractivity (Wildman–Crippen MR) is 78.8 cm³/mol. The van der Waals surface area contributed by atoms with Crippen LogP contribution in [-0.2, 0) is 16.1 Å². The number of carbonyl (C=O) groups excluding carboxylic acids is 1. The second-order valence-corrected chi connectivity index (χ2v) is 4.44. The number of methoxy groups -OCH3 is 1. The number of carbonyl (C=O) groups is 1. The van der Waals surface area contributed by atoms with E-state index in [4.69, 9.17) is 9.47 Å². The van der Waals surface area contributed by atoms with Crippen LogP contribution in [0, 0.1) is 0 Å². The van der Waals surface area contributed by atoms with Gasteiger partial charge >= 0.3 is 0 Å². The van der Waals surface area contributed by atoms with E-state index in [-0.39, 0.29) is 5.91 Å². The largest absolute Gasteiger partial charge is 0.494 e. The SMILES string of the molecule is CNC(=O)CCCOc1cccc(CNCCOC)c1. The minimum Gasteiger partial charge on any atom is -0.494 e. The zero-order chi connectivity index (χ0) is 14.6. The van der Waals surface area contributed by atoms with E-state index >= 15 is 0 Å². The van der Waals surface area contributed by atoms with Crippen LogP contribution in [0.2, 0.25) is 0 Å². The smallest absolute Gasteiger partial charge is 0.219 e. The van der Waals surface area contributed by atoms with Gasteiger partial charge in [0.2, 0.25) is 5.91 Å². The Bertz CT molecular complexity index is 396. The molecule has 1 amide bonds. The Balaban J connectivity index is 2.26. The molecule has 0 aliphatic carbocycles. The Morgan fingerprint density at radius 3 is 2.90 bits per heavy atom. The first kappa shape index (κ1) is 16.5. The normalized spacial score (nSPS) is 10.3. The number of nitrogens with one attached hydrogen (secondary N) is 2. The van der Waals surface area contributed by atoms with E-state index in [1.165, 1.54) is 5.56 Å². The maximum Gasteiger partial charge on any atom is 0.219 e. The quantitative estimate of drug-likeness (QED) is 0.635. The van der Waals surface area contributed by atoms with Crippen LogP contribution in [0.4, 0.5) is 0 Å². The molecule has 0 radical (unpaired) electrons. The van der Waals surface area contributed by atoms with Crippen LogP contribution in [0.3, 0.4) is 0 Å². The second kappa shape index (κ2) is 10.2. The standard InChI is InChI=1S/C15H24N2O3/c1-16-15(18)7-4-9-20-14-6-3-5-13(11-14)12-17-8-10-19-2/h3,5-6,11,17H,4,7-10,12H2,1-2H3,(H,16,18). The highest BCUT2D eigenvalue weighted by Gasteiger charge is 2.00. The monoisotopic (exact) mass is 280 g/mol. The van der Waals surface area contributed by atoms with E-state index in [1.807, 2.05) is 18.2 Å². The number of rotatable bonds is 10. The summed E-state index contributed by atoms with van der Waals surface area (Å²) in [4.78, 5) is 11.1. The summed E-state index contributed by atoms with van der Waals surface area (Å²) >= 11 is 0. The maximum atomic E-state index is 11.1. The van der Waals surface area contributed by atoms with E-state index in [0.717, 1.165) is 25.3 Å². The van der Waals surface area contributed by atoms with Gasteiger partial charge in [-0.25, -0.2) is 0 Å². The molecule has 112 valence electrons. The van der Waals surface area contributed by atoms with Crippen LogP contribution in [-0.4, -0.2) is 39.8 Å². The van der Waals surface area contributed by atoms with Crippen molar-refractivity contribution in [2.75, 3.05) is 33.9 Å². The van der Waals surface area contributed by atoms with Crippen LogP contribution in [0.15, 0.2) is 24.3 Å². The van der Waals surface area contributed by atoms with E-state index in [9.17, 15) is 4.79 Å². The molecule has 20 heavy (non-hydrogen) atoms. The molecule has 0 bridgehead atoms. The molecule has 0 fully saturated rings. The van der Waals surface area contributed by atoms with Crippen LogP contribution < -0.4 is 15.4 Å². The zero-order valence-corrected chi connectivity index (χ0v) is 12.3. The summed E-state index contributed by atoms with van der Waals surface area (Å²) in [6, 6.07) is 7.97. The lowest BCUT2D eigenvalue weighted by atomic mass is 10.2. The van der Waals surface area contributed by atoms with Gasteiger partial charge in [0.05, 0.1) is 13.2 Å². The van der Waals surface area contributed by atoms with Crippen molar-refractivity contribution in [3.63, 3.8) is 0 Å². The summed E-state index contributed by atoms with van der Waals surface area (Å²) in [6.07, 6.45) is 1.21. The van der Waals surface area contributed by atoms with Crippen molar-refractivity contribution in [1.29, 1.82) is 0 Å². The van der Waals surface area contributed by atoms with Gasteiger partial charge in [-0.15, -0.1) is 0 Å². The van der Waals surface area contributed by atoms with Crippen molar-refractivity contribution in [3.05, 3.63) is 29.8 Å². The van der Waals surface area contributed by atoms with Crippen molar-refractivity contribution >= 4 is 5.91 Å². The Labute approximate surface area is 120 Å². The lowest BCUT2D eigenvalue weighted by Crippen LogP contribution is -2.18. The van der Waals surface area contributed by atoms with Gasteiger partial charge in [0.1, 0.15) is 5.75 Å². The molecule has 5 heteroatoms. The number of amides is 1. The molecule has 0 aromatic heterocycles. The summed E-state index contributed by atoms with van der Waals surface area (Å²) < 4.78 is 10.6. The molecule has 0 heterocycles. The van der Waals surface area contributed by atoms with Crippen molar-refractivity contribution in [2.45, 2.75) is 19.4 Å². The van der Waals surface area contributed by atoms with Gasteiger partial charge in [-0.1, -0.05) is 12.1 Å². The molecule has 0 aliphatic rings. The molecule has 0 saturated heterocycles. The minimum absolute atomic E-state index is 0.0460. The molecular weight excluding hydrogens is 256 g/mol. The van der Waals surface area contributed by atoms with Crippen molar-refractivity contribution in [1.82, 2.24) is 10.6 Å². The average molecular weight is 280 g/mol. The fraction of sp³-hybridized carbons (Fsp3) is 0.533. The fourth-order valence-corrected chi connectivity index (χ4v) is 1.70. The second-order valence-electron chi connectivity index (χ2n) is 4.44. The van der Waals surface area contributed by atoms with Crippen LogP contribution in [0.25, 0.3) is 0 Å². The summed E-state index contributed by atoms with van der Waals surface area (Å²) in [7, 11) is 3.33. The molecule has 5 nitrogen and oxygen atoms in total. The number of ether oxygens (including phenoxy) is 2. The molecule has 1 aromatic carbocycles. The fourth-order valence-electron chi connectivity index (χ4n) is 1.70. The summed E-state index contributed by atoms with van der Waals surface area (Å²) in [5.41, 5.74) is 1.17. The third-order valence-electron chi connectivity index (χ3n) is 2.81. The molecule has 0 saturated carbocycles. The highest BCUT2D eigenvalue weighted by Crippen LogP contribution is 2.13. The third kappa shape index (κ3) is 7.11. The number of hydrogen-bond acceptors (Lipinski definition) is 4. The average Bonchev–Trinajstić information content (AvgIpc) is 2.48. The maximum absolute atomic E-state index is 11.1. The molecule has 1 aromatic rings. The third-order valence-corrected chi connectivity index (χ3v) is 2.81. The molecular formula is C15H24N2O3. The van der Waals surface area contributed by atoms with Crippen molar-refractivity contribution in [3.8, 4) is 5.75 Å². The highest BCUT2D eigenvalue weighted by atomic mass is 16.5. The molecule has 0 spiro atoms. The number of benzene rings is 1. The lowest BCUT2D eigenvalue weighted by molar-refractivity contribution is -0.120. The van der Waals surface area contributed by atoms with E-state index in [1.54, 1.807) is 14.2 Å². The molecule has 0 atom stereocenters. The summed E-state index contributed by atoms with van der Waals surface area (Å²) in [5.74, 6) is 0.887. The first-order valence-corrected chi connectivity index (χ1v) is 6.88. The van der Waals surface area contributed by atoms with Crippen LogP contribution >= 0.6 is 0 Å². The topological polar surface area (TPSA) is 59.6 Å². The summed E-state index contributed by atoms with van der Waals surface area (Å²) in [5, 5.41) is 5.88. The van der Waals surface area contributed by atoms with Gasteiger partial charge in [0, 0.05) is 33.7 Å². The van der Waals surface area contributed by atoms with E-state index in [0.29, 0.717) is 19.6 Å². The van der Waals surface area contributed by atoms with Gasteiger partial charge in [-0.2, -0.15) is 0 Å². The molecule has 0 unspecified atom stereocenters. The Morgan fingerprint density at radius 1 is 1.30 bits per heavy atom. The van der Waals surface area contributed by atoms with Crippen molar-refractivity contribution in [2.24, 2.45) is 0 Å². The van der Waals surface area contributed by atoms with Gasteiger partial charge in [-0.3, -0.25) is 4.79 Å². The van der Waals surface area contributed by atoms with Gasteiger partial charge in [0.15, 0.2) is 0 Å². The van der Waals surface area contributed by atoms with Crippen LogP contribution in [0.5, 0.6) is 5.75 Å². The van der Waals surface area contributed by atoms with Crippen molar-refractivity contribution < 1.29 is 14.3 Å². The van der Waals surface area contributed by atoms with Gasteiger partial charge in [-0.05, 0) is 24.1 Å². The molecule has 0 aliphatic heterocycles. The minimum atomic E-state index is 0.0460. The Kier molecular flexibility index (Phi) is 8.42. The Hall–Kier alpha value is -1.59.